The third kappa shape index (κ3) is 2.87. The topological polar surface area (TPSA) is 13.1 Å². The van der Waals surface area contributed by atoms with Crippen molar-refractivity contribution in [3.8, 4) is 0 Å². The van der Waals surface area contributed by atoms with Gasteiger partial charge in [0.25, 0.3) is 0 Å². The number of furan rings is 1. The van der Waals surface area contributed by atoms with Gasteiger partial charge in [0.2, 0.25) is 0 Å². The van der Waals surface area contributed by atoms with E-state index in [1.165, 1.54) is 16.7 Å². The molecule has 0 spiro atoms. The van der Waals surface area contributed by atoms with Gasteiger partial charge in [-0.05, 0) is 49.4 Å². The van der Waals surface area contributed by atoms with Gasteiger partial charge in [0.15, 0.2) is 0 Å². The number of hydrogen-bond donors (Lipinski definition) is 0. The highest BCUT2D eigenvalue weighted by Crippen LogP contribution is 2.35. The Bertz CT molecular complexity index is 569. The molecule has 1 aromatic carbocycles. The third-order valence-electron chi connectivity index (χ3n) is 3.62. The van der Waals surface area contributed by atoms with Crippen molar-refractivity contribution in [2.75, 3.05) is 0 Å². The number of rotatable bonds is 4. The summed E-state index contributed by atoms with van der Waals surface area (Å²) in [5, 5.41) is -0.126. The van der Waals surface area contributed by atoms with Gasteiger partial charge in [0.1, 0.15) is 11.5 Å². The van der Waals surface area contributed by atoms with Gasteiger partial charge in [0, 0.05) is 5.56 Å². The van der Waals surface area contributed by atoms with E-state index in [9.17, 15) is 0 Å². The van der Waals surface area contributed by atoms with Gasteiger partial charge in [-0.1, -0.05) is 32.0 Å². The molecule has 2 heteroatoms. The number of halogens is 1. The highest BCUT2D eigenvalue weighted by Gasteiger charge is 2.19. The third-order valence-corrected chi connectivity index (χ3v) is 4.10. The molecule has 0 saturated heterocycles. The minimum atomic E-state index is -0.126. The Morgan fingerprint density at radius 3 is 2.32 bits per heavy atom. The van der Waals surface area contributed by atoms with Gasteiger partial charge in [-0.2, -0.15) is 0 Å². The fourth-order valence-corrected chi connectivity index (χ4v) is 2.91. The van der Waals surface area contributed by atoms with E-state index < -0.39 is 0 Å². The monoisotopic (exact) mass is 276 g/mol. The van der Waals surface area contributed by atoms with Crippen molar-refractivity contribution in [3.05, 3.63) is 58.0 Å². The molecule has 0 aliphatic rings. The Labute approximate surface area is 120 Å². The zero-order valence-electron chi connectivity index (χ0n) is 12.1. The first-order chi connectivity index (χ1) is 9.06. The minimum Gasteiger partial charge on any atom is -0.466 e. The lowest BCUT2D eigenvalue weighted by Crippen LogP contribution is -2.00. The number of alkyl halides is 1. The van der Waals surface area contributed by atoms with Gasteiger partial charge in [-0.3, -0.25) is 0 Å². The van der Waals surface area contributed by atoms with Crippen LogP contribution in [0.15, 0.2) is 28.7 Å². The number of benzene rings is 1. The van der Waals surface area contributed by atoms with E-state index >= 15 is 0 Å². The van der Waals surface area contributed by atoms with Gasteiger partial charge >= 0.3 is 0 Å². The maximum Gasteiger partial charge on any atom is 0.106 e. The minimum absolute atomic E-state index is 0.126. The van der Waals surface area contributed by atoms with Gasteiger partial charge < -0.3 is 4.42 Å². The molecule has 1 atom stereocenters. The lowest BCUT2D eigenvalue weighted by molar-refractivity contribution is 0.501. The molecule has 102 valence electrons. The van der Waals surface area contributed by atoms with Crippen LogP contribution in [0, 0.1) is 13.8 Å². The fraction of sp³-hybridized carbons (Fsp3) is 0.412. The van der Waals surface area contributed by atoms with E-state index in [1.807, 2.05) is 19.9 Å². The van der Waals surface area contributed by atoms with Gasteiger partial charge in [-0.15, -0.1) is 11.6 Å². The smallest absolute Gasteiger partial charge is 0.106 e. The first-order valence-corrected chi connectivity index (χ1v) is 7.33. The van der Waals surface area contributed by atoms with Crippen LogP contribution in [0.2, 0.25) is 0 Å². The molecule has 1 aromatic heterocycles. The molecule has 1 unspecified atom stereocenters. The summed E-state index contributed by atoms with van der Waals surface area (Å²) < 4.78 is 5.60. The van der Waals surface area contributed by atoms with Crippen molar-refractivity contribution in [1.29, 1.82) is 0 Å². The summed E-state index contributed by atoms with van der Waals surface area (Å²) >= 11 is 6.70. The molecule has 0 radical (unpaired) electrons. The van der Waals surface area contributed by atoms with Gasteiger partial charge in [-0.25, -0.2) is 0 Å². The predicted octanol–water partition coefficient (Wildman–Crippen LogP) is 5.35. The van der Waals surface area contributed by atoms with E-state index in [-0.39, 0.29) is 5.38 Å². The van der Waals surface area contributed by atoms with Crippen LogP contribution in [-0.4, -0.2) is 0 Å². The van der Waals surface area contributed by atoms with E-state index in [0.717, 1.165) is 29.9 Å². The summed E-state index contributed by atoms with van der Waals surface area (Å²) in [6.45, 7) is 8.28. The quantitative estimate of drug-likeness (QED) is 0.686. The van der Waals surface area contributed by atoms with Crippen LogP contribution >= 0.6 is 11.6 Å². The number of hydrogen-bond acceptors (Lipinski definition) is 1. The average molecular weight is 277 g/mol. The SMILES string of the molecule is CCc1ccc(CC)c(C(Cl)c2cc(C)oc2C)c1. The molecule has 0 fully saturated rings. The van der Waals surface area contributed by atoms with Crippen molar-refractivity contribution in [2.45, 2.75) is 45.9 Å². The first kappa shape index (κ1) is 14.2. The second-order valence-corrected chi connectivity index (χ2v) is 5.41. The van der Waals surface area contributed by atoms with Crippen molar-refractivity contribution in [2.24, 2.45) is 0 Å². The second kappa shape index (κ2) is 5.83. The molecule has 0 saturated carbocycles. The molecule has 19 heavy (non-hydrogen) atoms. The average Bonchev–Trinajstić information content (AvgIpc) is 2.76. The summed E-state index contributed by atoms with van der Waals surface area (Å²) in [6.07, 6.45) is 2.03. The van der Waals surface area contributed by atoms with Crippen LogP contribution in [-0.2, 0) is 12.8 Å². The molecular weight excluding hydrogens is 256 g/mol. The van der Waals surface area contributed by atoms with Crippen molar-refractivity contribution >= 4 is 11.6 Å². The van der Waals surface area contributed by atoms with Crippen LogP contribution in [0.25, 0.3) is 0 Å². The van der Waals surface area contributed by atoms with Crippen LogP contribution < -0.4 is 0 Å². The molecule has 0 N–H and O–H groups in total. The molecule has 2 aromatic rings. The van der Waals surface area contributed by atoms with Crippen molar-refractivity contribution in [1.82, 2.24) is 0 Å². The Morgan fingerprint density at radius 2 is 1.79 bits per heavy atom. The Hall–Kier alpha value is -1.21. The summed E-state index contributed by atoms with van der Waals surface area (Å²) in [5.41, 5.74) is 4.95. The molecule has 1 heterocycles. The Balaban J connectivity index is 2.47. The lowest BCUT2D eigenvalue weighted by Gasteiger charge is -2.15. The summed E-state index contributed by atoms with van der Waals surface area (Å²) in [6, 6.07) is 8.68. The molecule has 2 rings (SSSR count). The molecule has 0 aliphatic carbocycles. The fourth-order valence-electron chi connectivity index (χ4n) is 2.49. The standard InChI is InChI=1S/C17H21ClO/c1-5-13-7-8-14(6-2)16(10-13)17(18)15-9-11(3)19-12(15)4/h7-10,17H,5-6H2,1-4H3. The highest BCUT2D eigenvalue weighted by atomic mass is 35.5. The van der Waals surface area contributed by atoms with Crippen LogP contribution in [0.3, 0.4) is 0 Å². The lowest BCUT2D eigenvalue weighted by atomic mass is 9.95. The van der Waals surface area contributed by atoms with E-state index in [1.54, 1.807) is 0 Å². The van der Waals surface area contributed by atoms with Crippen LogP contribution in [0.1, 0.15) is 53.0 Å². The molecular formula is C17H21ClO. The van der Waals surface area contributed by atoms with Crippen LogP contribution in [0.5, 0.6) is 0 Å². The predicted molar refractivity (Wildman–Crippen MR) is 81.1 cm³/mol. The normalized spacial score (nSPS) is 12.7. The number of aryl methyl sites for hydroxylation is 4. The summed E-state index contributed by atoms with van der Waals surface area (Å²) in [5.74, 6) is 1.84. The second-order valence-electron chi connectivity index (χ2n) is 4.97. The van der Waals surface area contributed by atoms with Crippen molar-refractivity contribution in [3.63, 3.8) is 0 Å². The van der Waals surface area contributed by atoms with E-state index in [2.05, 4.69) is 32.0 Å². The van der Waals surface area contributed by atoms with Crippen LogP contribution in [0.4, 0.5) is 0 Å². The highest BCUT2D eigenvalue weighted by molar-refractivity contribution is 6.22. The first-order valence-electron chi connectivity index (χ1n) is 6.89. The van der Waals surface area contributed by atoms with Crippen molar-refractivity contribution < 1.29 is 4.42 Å². The maximum atomic E-state index is 6.70. The van der Waals surface area contributed by atoms with E-state index in [0.29, 0.717) is 0 Å². The Kier molecular flexibility index (Phi) is 4.36. The summed E-state index contributed by atoms with van der Waals surface area (Å²) in [7, 11) is 0. The largest absolute Gasteiger partial charge is 0.466 e. The maximum absolute atomic E-state index is 6.70. The zero-order chi connectivity index (χ0) is 14.0. The molecule has 1 nitrogen and oxygen atoms in total. The molecule has 0 amide bonds. The zero-order valence-corrected chi connectivity index (χ0v) is 12.8. The molecule has 0 aliphatic heterocycles. The summed E-state index contributed by atoms with van der Waals surface area (Å²) in [4.78, 5) is 0. The van der Waals surface area contributed by atoms with Gasteiger partial charge in [0.05, 0.1) is 5.38 Å². The molecule has 0 bridgehead atoms. The van der Waals surface area contributed by atoms with E-state index in [4.69, 9.17) is 16.0 Å². The Morgan fingerprint density at radius 1 is 1.05 bits per heavy atom.